The molecule has 0 radical (unpaired) electrons. The van der Waals surface area contributed by atoms with Crippen LogP contribution in [0.1, 0.15) is 24.8 Å². The van der Waals surface area contributed by atoms with E-state index in [4.69, 9.17) is 0 Å². The zero-order valence-electron chi connectivity index (χ0n) is 18.7. The molecule has 2 aliphatic heterocycles. The van der Waals surface area contributed by atoms with Gasteiger partial charge in [-0.05, 0) is 49.2 Å². The summed E-state index contributed by atoms with van der Waals surface area (Å²) < 4.78 is 67.6. The lowest BCUT2D eigenvalue weighted by atomic mass is 9.96. The summed E-state index contributed by atoms with van der Waals surface area (Å²) in [5.74, 6) is -4.20. The van der Waals surface area contributed by atoms with Crippen LogP contribution >= 0.6 is 0 Å². The molecule has 0 saturated carbocycles. The third-order valence-corrected chi connectivity index (χ3v) is 6.41. The molecule has 0 bridgehead atoms. The number of hydrogen-bond acceptors (Lipinski definition) is 4. The molecule has 3 N–H and O–H groups in total. The zero-order valence-corrected chi connectivity index (χ0v) is 18.7. The van der Waals surface area contributed by atoms with E-state index in [1.807, 2.05) is 4.90 Å². The van der Waals surface area contributed by atoms with Gasteiger partial charge >= 0.3 is 6.18 Å². The molecule has 2 amide bonds. The Labute approximate surface area is 198 Å². The maximum absolute atomic E-state index is 14.5. The molecule has 2 aromatic carbocycles. The first-order valence-electron chi connectivity index (χ1n) is 11.3. The van der Waals surface area contributed by atoms with Gasteiger partial charge in [-0.25, -0.2) is 8.78 Å². The number of anilines is 3. The van der Waals surface area contributed by atoms with Gasteiger partial charge in [-0.1, -0.05) is 0 Å². The Morgan fingerprint density at radius 1 is 1.03 bits per heavy atom. The molecule has 0 aromatic heterocycles. The summed E-state index contributed by atoms with van der Waals surface area (Å²) in [5.41, 5.74) is 1.20. The molecule has 35 heavy (non-hydrogen) atoms. The molecule has 6 nitrogen and oxygen atoms in total. The Kier molecular flexibility index (Phi) is 7.13. The fraction of sp³-hybridized carbons (Fsp3) is 0.417. The van der Waals surface area contributed by atoms with Gasteiger partial charge in [-0.2, -0.15) is 13.2 Å². The summed E-state index contributed by atoms with van der Waals surface area (Å²) in [6.45, 7) is 0.461. The van der Waals surface area contributed by atoms with E-state index in [1.54, 1.807) is 24.3 Å². The minimum absolute atomic E-state index is 0.0459. The molecule has 2 aromatic rings. The van der Waals surface area contributed by atoms with Crippen LogP contribution in [0, 0.1) is 23.5 Å². The van der Waals surface area contributed by atoms with Crippen molar-refractivity contribution in [1.29, 1.82) is 0 Å². The molecular weight excluding hydrogens is 471 g/mol. The Balaban J connectivity index is 1.34. The second-order valence-electron chi connectivity index (χ2n) is 8.82. The van der Waals surface area contributed by atoms with Crippen LogP contribution in [0.4, 0.5) is 39.0 Å². The van der Waals surface area contributed by atoms with E-state index in [9.17, 15) is 31.5 Å². The largest absolute Gasteiger partial charge is 0.391 e. The smallest absolute Gasteiger partial charge is 0.372 e. The Bertz CT molecular complexity index is 1060. The maximum Gasteiger partial charge on any atom is 0.391 e. The molecule has 0 aliphatic carbocycles. The van der Waals surface area contributed by atoms with Gasteiger partial charge < -0.3 is 20.9 Å². The monoisotopic (exact) mass is 496 g/mol. The normalized spacial score (nSPS) is 18.9. The Morgan fingerprint density at radius 2 is 1.66 bits per heavy atom. The van der Waals surface area contributed by atoms with Crippen LogP contribution < -0.4 is 20.9 Å². The number of hydrogen-bond donors (Lipinski definition) is 3. The molecule has 2 saturated heterocycles. The number of piperidine rings is 1. The highest BCUT2D eigenvalue weighted by atomic mass is 19.4. The lowest BCUT2D eigenvalue weighted by Crippen LogP contribution is -2.38. The number of nitrogens with zero attached hydrogens (tertiary/aromatic N) is 1. The van der Waals surface area contributed by atoms with Crippen molar-refractivity contribution in [3.8, 4) is 0 Å². The standard InChI is InChI=1S/C24H25F5N4O2/c25-20-10-17(11-21(26)19(20)13-31-23(35)14-9-22(34)30-12-14)32-16-1-3-18(4-2-16)33-7-5-15(6-8-33)24(27,28)29/h1-4,10-11,14-15,32H,5-9,12-13H2,(H,30,34)(H,31,35). The van der Waals surface area contributed by atoms with Crippen LogP contribution in [0.15, 0.2) is 36.4 Å². The molecule has 11 heteroatoms. The highest BCUT2D eigenvalue weighted by Crippen LogP contribution is 2.35. The lowest BCUT2D eigenvalue weighted by Gasteiger charge is -2.34. The quantitative estimate of drug-likeness (QED) is 0.524. The van der Waals surface area contributed by atoms with E-state index < -0.39 is 35.6 Å². The number of carbonyl (C=O) groups is 2. The summed E-state index contributed by atoms with van der Waals surface area (Å²) in [6.07, 6.45) is -4.03. The van der Waals surface area contributed by atoms with Crippen LogP contribution in [-0.4, -0.2) is 37.6 Å². The fourth-order valence-corrected chi connectivity index (χ4v) is 4.34. The minimum atomic E-state index is -4.17. The van der Waals surface area contributed by atoms with Crippen molar-refractivity contribution in [3.63, 3.8) is 0 Å². The van der Waals surface area contributed by atoms with Gasteiger partial charge in [0.2, 0.25) is 11.8 Å². The predicted molar refractivity (Wildman–Crippen MR) is 120 cm³/mol. The molecule has 1 unspecified atom stereocenters. The van der Waals surface area contributed by atoms with Crippen LogP contribution in [0.3, 0.4) is 0 Å². The topological polar surface area (TPSA) is 73.5 Å². The van der Waals surface area contributed by atoms with Gasteiger partial charge in [0, 0.05) is 55.2 Å². The van der Waals surface area contributed by atoms with Crippen molar-refractivity contribution in [2.75, 3.05) is 29.9 Å². The van der Waals surface area contributed by atoms with Crippen molar-refractivity contribution in [1.82, 2.24) is 10.6 Å². The Hall–Kier alpha value is -3.37. The molecule has 2 aliphatic rings. The first-order chi connectivity index (χ1) is 16.6. The van der Waals surface area contributed by atoms with Gasteiger partial charge in [0.25, 0.3) is 0 Å². The molecular formula is C24H25F5N4O2. The molecule has 1 atom stereocenters. The second-order valence-corrected chi connectivity index (χ2v) is 8.82. The number of halogens is 5. The van der Waals surface area contributed by atoms with Crippen molar-refractivity contribution in [3.05, 3.63) is 53.6 Å². The summed E-state index contributed by atoms with van der Waals surface area (Å²) in [4.78, 5) is 25.2. The zero-order chi connectivity index (χ0) is 25.2. The first-order valence-corrected chi connectivity index (χ1v) is 11.3. The number of benzene rings is 2. The number of nitrogens with one attached hydrogen (secondary N) is 3. The average molecular weight is 496 g/mol. The third kappa shape index (κ3) is 6.01. The maximum atomic E-state index is 14.5. The summed E-state index contributed by atoms with van der Waals surface area (Å²) in [7, 11) is 0. The van der Waals surface area contributed by atoms with Crippen LogP contribution in [0.25, 0.3) is 0 Å². The second kappa shape index (κ2) is 10.1. The summed E-state index contributed by atoms with van der Waals surface area (Å²) in [5, 5.41) is 7.90. The minimum Gasteiger partial charge on any atom is -0.372 e. The SMILES string of the molecule is O=C1CC(C(=O)NCc2c(F)cc(Nc3ccc(N4CCC(C(F)(F)F)CC4)cc3)cc2F)CN1. The summed E-state index contributed by atoms with van der Waals surface area (Å²) in [6, 6.07) is 9.09. The van der Waals surface area contributed by atoms with E-state index in [-0.39, 0.29) is 49.5 Å². The molecule has 188 valence electrons. The van der Waals surface area contributed by atoms with Crippen molar-refractivity contribution in [2.45, 2.75) is 32.0 Å². The fourth-order valence-electron chi connectivity index (χ4n) is 4.34. The van der Waals surface area contributed by atoms with Crippen LogP contribution in [-0.2, 0) is 16.1 Å². The third-order valence-electron chi connectivity index (χ3n) is 6.41. The number of amides is 2. The number of alkyl halides is 3. The van der Waals surface area contributed by atoms with Gasteiger partial charge in [0.1, 0.15) is 11.6 Å². The van der Waals surface area contributed by atoms with Gasteiger partial charge in [0.05, 0.1) is 11.8 Å². The highest BCUT2D eigenvalue weighted by molar-refractivity contribution is 5.89. The Morgan fingerprint density at radius 3 is 2.20 bits per heavy atom. The number of carbonyl (C=O) groups excluding carboxylic acids is 2. The summed E-state index contributed by atoms with van der Waals surface area (Å²) >= 11 is 0. The van der Waals surface area contributed by atoms with E-state index in [0.717, 1.165) is 17.8 Å². The van der Waals surface area contributed by atoms with Crippen LogP contribution in [0.2, 0.25) is 0 Å². The molecule has 0 spiro atoms. The van der Waals surface area contributed by atoms with E-state index in [2.05, 4.69) is 16.0 Å². The van der Waals surface area contributed by atoms with E-state index >= 15 is 0 Å². The molecule has 4 rings (SSSR count). The van der Waals surface area contributed by atoms with Gasteiger partial charge in [-0.3, -0.25) is 9.59 Å². The predicted octanol–water partition coefficient (Wildman–Crippen LogP) is 4.24. The lowest BCUT2D eigenvalue weighted by molar-refractivity contribution is -0.179. The van der Waals surface area contributed by atoms with E-state index in [1.165, 1.54) is 0 Å². The van der Waals surface area contributed by atoms with Crippen molar-refractivity contribution >= 4 is 28.9 Å². The molecule has 2 fully saturated rings. The molecule has 2 heterocycles. The first kappa shape index (κ1) is 24.7. The van der Waals surface area contributed by atoms with Gasteiger partial charge in [-0.15, -0.1) is 0 Å². The van der Waals surface area contributed by atoms with Gasteiger partial charge in [0.15, 0.2) is 0 Å². The van der Waals surface area contributed by atoms with E-state index in [0.29, 0.717) is 18.8 Å². The average Bonchev–Trinajstić information content (AvgIpc) is 3.25. The highest BCUT2D eigenvalue weighted by Gasteiger charge is 2.41. The van der Waals surface area contributed by atoms with Crippen LogP contribution in [0.5, 0.6) is 0 Å². The van der Waals surface area contributed by atoms with Crippen molar-refractivity contribution < 1.29 is 31.5 Å². The number of rotatable bonds is 6. The van der Waals surface area contributed by atoms with Crippen molar-refractivity contribution in [2.24, 2.45) is 11.8 Å².